The Balaban J connectivity index is 1.64. The monoisotopic (exact) mass is 384 g/mol. The fraction of sp³-hybridized carbons (Fsp3) is 0.364. The van der Waals surface area contributed by atoms with Gasteiger partial charge in [0.2, 0.25) is 0 Å². The largest absolute Gasteiger partial charge is 0.491 e. The quantitative estimate of drug-likeness (QED) is 0.805. The van der Waals surface area contributed by atoms with Crippen molar-refractivity contribution in [3.63, 3.8) is 0 Å². The molecule has 0 bridgehead atoms. The molecule has 1 aliphatic heterocycles. The lowest BCUT2D eigenvalue weighted by Crippen LogP contribution is -2.21. The van der Waals surface area contributed by atoms with Gasteiger partial charge in [-0.2, -0.15) is 0 Å². The van der Waals surface area contributed by atoms with Crippen LogP contribution in [0.1, 0.15) is 30.5 Å². The summed E-state index contributed by atoms with van der Waals surface area (Å²) in [6.07, 6.45) is 3.14. The van der Waals surface area contributed by atoms with Gasteiger partial charge in [-0.25, -0.2) is 8.42 Å². The lowest BCUT2D eigenvalue weighted by molar-refractivity contribution is 0.0347. The predicted octanol–water partition coefficient (Wildman–Crippen LogP) is 3.79. The van der Waals surface area contributed by atoms with E-state index in [2.05, 4.69) is 24.3 Å². The van der Waals surface area contributed by atoms with Gasteiger partial charge in [0.05, 0.1) is 10.5 Å². The molecule has 0 saturated carbocycles. The molecule has 142 valence electrons. The topological polar surface area (TPSA) is 52.6 Å². The Morgan fingerprint density at radius 2 is 1.59 bits per heavy atom. The zero-order valence-corrected chi connectivity index (χ0v) is 16.7. The molecule has 0 N–H and O–H groups in total. The van der Waals surface area contributed by atoms with Crippen molar-refractivity contribution in [3.8, 4) is 0 Å². The van der Waals surface area contributed by atoms with Crippen LogP contribution in [0.2, 0.25) is 0 Å². The first-order valence-electron chi connectivity index (χ1n) is 9.15. The summed E-state index contributed by atoms with van der Waals surface area (Å²) in [7, 11) is -3.21. The molecule has 4 nitrogen and oxygen atoms in total. The lowest BCUT2D eigenvalue weighted by atomic mass is 9.92. The Hall–Kier alpha value is -2.11. The summed E-state index contributed by atoms with van der Waals surface area (Å²) in [5.41, 5.74) is 4.16. The highest BCUT2D eigenvalue weighted by Crippen LogP contribution is 2.40. The highest BCUT2D eigenvalue weighted by molar-refractivity contribution is 7.90. The molecule has 1 aliphatic carbocycles. The van der Waals surface area contributed by atoms with Crippen LogP contribution in [0.3, 0.4) is 0 Å². The molecule has 27 heavy (non-hydrogen) atoms. The van der Waals surface area contributed by atoms with Crippen LogP contribution in [-0.4, -0.2) is 33.0 Å². The van der Waals surface area contributed by atoms with Crippen LogP contribution in [0, 0.1) is 0 Å². The van der Waals surface area contributed by atoms with Crippen molar-refractivity contribution in [2.75, 3.05) is 12.9 Å². The van der Waals surface area contributed by atoms with E-state index in [0.29, 0.717) is 11.5 Å². The van der Waals surface area contributed by atoms with Gasteiger partial charge in [-0.1, -0.05) is 36.4 Å². The van der Waals surface area contributed by atoms with E-state index < -0.39 is 15.4 Å². The Morgan fingerprint density at radius 1 is 1.00 bits per heavy atom. The van der Waals surface area contributed by atoms with Crippen molar-refractivity contribution >= 4 is 15.4 Å². The molecule has 0 amide bonds. The third kappa shape index (κ3) is 3.54. The highest BCUT2D eigenvalue weighted by Gasteiger charge is 2.37. The average molecular weight is 384 g/mol. The van der Waals surface area contributed by atoms with Gasteiger partial charge < -0.3 is 9.47 Å². The molecule has 0 fully saturated rings. The third-order valence-corrected chi connectivity index (χ3v) is 6.47. The van der Waals surface area contributed by atoms with Crippen molar-refractivity contribution in [2.45, 2.75) is 43.3 Å². The molecule has 2 aromatic rings. The number of hydrogen-bond acceptors (Lipinski definition) is 4. The Morgan fingerprint density at radius 3 is 2.15 bits per heavy atom. The van der Waals surface area contributed by atoms with E-state index in [-0.39, 0.29) is 6.10 Å². The van der Waals surface area contributed by atoms with Gasteiger partial charge in [0.1, 0.15) is 18.5 Å². The van der Waals surface area contributed by atoms with E-state index in [1.54, 1.807) is 12.1 Å². The molecule has 1 heterocycles. The van der Waals surface area contributed by atoms with Crippen molar-refractivity contribution < 1.29 is 17.9 Å². The smallest absolute Gasteiger partial charge is 0.175 e. The van der Waals surface area contributed by atoms with Gasteiger partial charge in [-0.15, -0.1) is 0 Å². The molecule has 0 radical (unpaired) electrons. The summed E-state index contributed by atoms with van der Waals surface area (Å²) in [6, 6.07) is 15.4. The molecular formula is C22H24O4S. The second-order valence-electron chi connectivity index (χ2n) is 7.81. The van der Waals surface area contributed by atoms with E-state index in [9.17, 15) is 8.42 Å². The predicted molar refractivity (Wildman–Crippen MR) is 105 cm³/mol. The lowest BCUT2D eigenvalue weighted by Gasteiger charge is -2.22. The van der Waals surface area contributed by atoms with Crippen LogP contribution < -0.4 is 0 Å². The molecule has 4 rings (SSSR count). The van der Waals surface area contributed by atoms with Gasteiger partial charge in [-0.3, -0.25) is 0 Å². The molecule has 0 saturated heterocycles. The SMILES string of the molecule is CC1(C)OCC(OC2Cc3ccccc3C2)=C1c1ccc(S(C)(=O)=O)cc1. The highest BCUT2D eigenvalue weighted by atomic mass is 32.2. The molecule has 0 aromatic heterocycles. The van der Waals surface area contributed by atoms with E-state index in [1.165, 1.54) is 17.4 Å². The van der Waals surface area contributed by atoms with Crippen LogP contribution in [0.25, 0.3) is 5.57 Å². The van der Waals surface area contributed by atoms with Crippen molar-refractivity contribution in [2.24, 2.45) is 0 Å². The van der Waals surface area contributed by atoms with Crippen LogP contribution in [0.4, 0.5) is 0 Å². The molecule has 0 atom stereocenters. The van der Waals surface area contributed by atoms with Gasteiger partial charge in [0.25, 0.3) is 0 Å². The first kappa shape index (κ1) is 18.3. The van der Waals surface area contributed by atoms with Crippen LogP contribution in [-0.2, 0) is 32.2 Å². The maximum atomic E-state index is 11.7. The number of ether oxygens (including phenoxy) is 2. The Bertz CT molecular complexity index is 976. The van der Waals surface area contributed by atoms with Crippen molar-refractivity contribution in [1.29, 1.82) is 0 Å². The standard InChI is InChI=1S/C22H24O4S/c1-22(2)21(15-8-10-19(11-9-15)27(3,23)24)20(14-25-22)26-18-12-16-6-4-5-7-17(16)13-18/h4-11,18H,12-14H2,1-3H3. The second-order valence-corrected chi connectivity index (χ2v) is 9.83. The zero-order chi connectivity index (χ0) is 19.2. The Labute approximate surface area is 160 Å². The van der Waals surface area contributed by atoms with Gasteiger partial charge in [-0.05, 0) is 42.7 Å². The zero-order valence-electron chi connectivity index (χ0n) is 15.9. The summed E-state index contributed by atoms with van der Waals surface area (Å²) in [6.45, 7) is 4.47. The third-order valence-electron chi connectivity index (χ3n) is 5.34. The van der Waals surface area contributed by atoms with E-state index >= 15 is 0 Å². The second kappa shape index (κ2) is 6.50. The number of sulfone groups is 1. The minimum atomic E-state index is -3.21. The fourth-order valence-corrected chi connectivity index (χ4v) is 4.63. The summed E-state index contributed by atoms with van der Waals surface area (Å²) in [5.74, 6) is 0.852. The van der Waals surface area contributed by atoms with E-state index in [4.69, 9.17) is 9.47 Å². The number of fused-ring (bicyclic) bond motifs is 1. The Kier molecular flexibility index (Phi) is 4.40. The van der Waals surface area contributed by atoms with Crippen LogP contribution >= 0.6 is 0 Å². The number of hydrogen-bond donors (Lipinski definition) is 0. The van der Waals surface area contributed by atoms with Crippen molar-refractivity contribution in [1.82, 2.24) is 0 Å². The number of benzene rings is 2. The van der Waals surface area contributed by atoms with Crippen LogP contribution in [0.5, 0.6) is 0 Å². The van der Waals surface area contributed by atoms with E-state index in [1.807, 2.05) is 26.0 Å². The molecule has 0 unspecified atom stereocenters. The molecule has 2 aliphatic rings. The molecular weight excluding hydrogens is 360 g/mol. The molecule has 0 spiro atoms. The first-order chi connectivity index (χ1) is 12.7. The van der Waals surface area contributed by atoms with Gasteiger partial charge >= 0.3 is 0 Å². The maximum absolute atomic E-state index is 11.7. The maximum Gasteiger partial charge on any atom is 0.175 e. The first-order valence-corrected chi connectivity index (χ1v) is 11.0. The summed E-state index contributed by atoms with van der Waals surface area (Å²) in [4.78, 5) is 0.317. The van der Waals surface area contributed by atoms with Gasteiger partial charge in [0.15, 0.2) is 9.84 Å². The minimum Gasteiger partial charge on any atom is -0.491 e. The minimum absolute atomic E-state index is 0.111. The van der Waals surface area contributed by atoms with Crippen molar-refractivity contribution in [3.05, 3.63) is 71.0 Å². The molecule has 2 aromatic carbocycles. The number of rotatable bonds is 4. The van der Waals surface area contributed by atoms with E-state index in [0.717, 1.165) is 29.7 Å². The fourth-order valence-electron chi connectivity index (χ4n) is 4.00. The summed E-state index contributed by atoms with van der Waals surface area (Å²) >= 11 is 0. The average Bonchev–Trinajstić information content (AvgIpc) is 3.14. The summed E-state index contributed by atoms with van der Waals surface area (Å²) in [5, 5.41) is 0. The van der Waals surface area contributed by atoms with Crippen LogP contribution in [0.15, 0.2) is 59.2 Å². The van der Waals surface area contributed by atoms with Gasteiger partial charge in [0, 0.05) is 24.7 Å². The normalized spacial score (nSPS) is 19.4. The summed E-state index contributed by atoms with van der Waals surface area (Å²) < 4.78 is 35.8. The molecule has 5 heteroatoms.